The molecule has 1 N–H and O–H groups in total. The number of likely N-dealkylation sites (tertiary alicyclic amines) is 1. The average molecular weight is 332 g/mol. The van der Waals surface area contributed by atoms with Crippen LogP contribution in [0.15, 0.2) is 48.5 Å². The summed E-state index contributed by atoms with van der Waals surface area (Å²) in [6, 6.07) is 15.1. The van der Waals surface area contributed by atoms with Crippen LogP contribution in [0.2, 0.25) is 5.02 Å². The van der Waals surface area contributed by atoms with Gasteiger partial charge in [0.2, 0.25) is 0 Å². The third-order valence-corrected chi connectivity index (χ3v) is 4.55. The van der Waals surface area contributed by atoms with Gasteiger partial charge in [0, 0.05) is 6.54 Å². The average Bonchev–Trinajstić information content (AvgIpc) is 3.10. The van der Waals surface area contributed by atoms with Crippen LogP contribution in [0.4, 0.5) is 0 Å². The molecule has 0 amide bonds. The molecule has 1 fully saturated rings. The monoisotopic (exact) mass is 331 g/mol. The van der Waals surface area contributed by atoms with Crippen LogP contribution >= 0.6 is 11.6 Å². The lowest BCUT2D eigenvalue weighted by atomic mass is 10.0. The molecule has 1 atom stereocenters. The van der Waals surface area contributed by atoms with E-state index in [0.29, 0.717) is 17.4 Å². The van der Waals surface area contributed by atoms with E-state index in [2.05, 4.69) is 4.90 Å². The number of aliphatic hydroxyl groups excluding tert-OH is 1. The molecule has 2 aromatic rings. The Balaban J connectivity index is 1.61. The van der Waals surface area contributed by atoms with Crippen LogP contribution in [0, 0.1) is 0 Å². The third-order valence-electron chi connectivity index (χ3n) is 4.25. The van der Waals surface area contributed by atoms with Gasteiger partial charge in [0.1, 0.15) is 18.5 Å². The maximum absolute atomic E-state index is 10.4. The highest BCUT2D eigenvalue weighted by Crippen LogP contribution is 2.30. The van der Waals surface area contributed by atoms with Crippen molar-refractivity contribution in [2.24, 2.45) is 0 Å². The Kier molecular flexibility index (Phi) is 5.55. The first-order valence-corrected chi connectivity index (χ1v) is 8.49. The molecule has 0 spiro atoms. The number of hydrogen-bond donors (Lipinski definition) is 1. The van der Waals surface area contributed by atoms with E-state index < -0.39 is 6.10 Å². The van der Waals surface area contributed by atoms with Gasteiger partial charge in [-0.1, -0.05) is 48.0 Å². The van der Waals surface area contributed by atoms with Gasteiger partial charge in [-0.3, -0.25) is 4.90 Å². The van der Waals surface area contributed by atoms with Gasteiger partial charge in [-0.05, 0) is 49.2 Å². The molecule has 4 heteroatoms. The first kappa shape index (κ1) is 16.3. The number of hydrogen-bond acceptors (Lipinski definition) is 3. The molecule has 1 aliphatic heterocycles. The number of aliphatic hydroxyl groups is 1. The lowest BCUT2D eigenvalue weighted by Crippen LogP contribution is -2.25. The summed E-state index contributed by atoms with van der Waals surface area (Å²) in [5.74, 6) is 0.676. The zero-order valence-corrected chi connectivity index (χ0v) is 13.9. The summed E-state index contributed by atoms with van der Waals surface area (Å²) >= 11 is 6.31. The van der Waals surface area contributed by atoms with Gasteiger partial charge in [0.05, 0.1) is 5.02 Å². The van der Waals surface area contributed by atoms with Crippen molar-refractivity contribution in [2.75, 3.05) is 26.2 Å². The summed E-state index contributed by atoms with van der Waals surface area (Å²) in [6.07, 6.45) is 1.90. The molecule has 1 heterocycles. The maximum atomic E-state index is 10.4. The van der Waals surface area contributed by atoms with E-state index >= 15 is 0 Å². The highest BCUT2D eigenvalue weighted by atomic mass is 35.5. The van der Waals surface area contributed by atoms with Crippen molar-refractivity contribution in [3.63, 3.8) is 0 Å². The highest BCUT2D eigenvalue weighted by molar-refractivity contribution is 6.32. The Morgan fingerprint density at radius 3 is 2.48 bits per heavy atom. The number of nitrogens with zero attached hydrogens (tertiary/aromatic N) is 1. The zero-order chi connectivity index (χ0) is 16.1. The van der Waals surface area contributed by atoms with Crippen molar-refractivity contribution >= 4 is 11.6 Å². The predicted molar refractivity (Wildman–Crippen MR) is 93.1 cm³/mol. The van der Waals surface area contributed by atoms with Crippen molar-refractivity contribution in [3.8, 4) is 5.75 Å². The van der Waals surface area contributed by atoms with Gasteiger partial charge in [-0.25, -0.2) is 0 Å². The largest absolute Gasteiger partial charge is 0.491 e. The predicted octanol–water partition coefficient (Wildman–Crippen LogP) is 3.90. The molecular formula is C19H22ClNO2. The highest BCUT2D eigenvalue weighted by Gasteiger charge is 2.14. The molecule has 1 saturated heterocycles. The van der Waals surface area contributed by atoms with Crippen LogP contribution in [-0.2, 0) is 0 Å². The second-order valence-corrected chi connectivity index (χ2v) is 6.31. The van der Waals surface area contributed by atoms with Crippen LogP contribution in [-0.4, -0.2) is 36.2 Å². The SMILES string of the molecule is OC(c1ccccc1)c1ccc(OCCN2CCCC2)c(Cl)c1. The molecule has 3 rings (SSSR count). The Labute approximate surface area is 142 Å². The maximum Gasteiger partial charge on any atom is 0.137 e. The molecule has 0 aliphatic carbocycles. The van der Waals surface area contributed by atoms with Gasteiger partial charge in [-0.15, -0.1) is 0 Å². The Morgan fingerprint density at radius 1 is 1.04 bits per heavy atom. The smallest absolute Gasteiger partial charge is 0.137 e. The molecule has 0 aromatic heterocycles. The van der Waals surface area contributed by atoms with Gasteiger partial charge in [0.15, 0.2) is 0 Å². The van der Waals surface area contributed by atoms with E-state index in [1.54, 1.807) is 6.07 Å². The van der Waals surface area contributed by atoms with Gasteiger partial charge in [0.25, 0.3) is 0 Å². The topological polar surface area (TPSA) is 32.7 Å². The normalized spacial score (nSPS) is 16.4. The van der Waals surface area contributed by atoms with E-state index in [9.17, 15) is 5.11 Å². The Bertz CT molecular complexity index is 627. The lowest BCUT2D eigenvalue weighted by Gasteiger charge is -2.16. The molecule has 2 aromatic carbocycles. The minimum Gasteiger partial charge on any atom is -0.491 e. The lowest BCUT2D eigenvalue weighted by molar-refractivity contribution is 0.219. The standard InChI is InChI=1S/C19H22ClNO2/c20-17-14-16(19(22)15-6-2-1-3-7-15)8-9-18(17)23-13-12-21-10-4-5-11-21/h1-3,6-9,14,19,22H,4-5,10-13H2. The summed E-state index contributed by atoms with van der Waals surface area (Å²) in [5.41, 5.74) is 1.62. The fourth-order valence-electron chi connectivity index (χ4n) is 2.92. The van der Waals surface area contributed by atoms with Crippen molar-refractivity contribution < 1.29 is 9.84 Å². The molecular weight excluding hydrogens is 310 g/mol. The van der Waals surface area contributed by atoms with E-state index in [0.717, 1.165) is 17.7 Å². The van der Waals surface area contributed by atoms with Crippen LogP contribution in [0.5, 0.6) is 5.75 Å². The second kappa shape index (κ2) is 7.82. The fourth-order valence-corrected chi connectivity index (χ4v) is 3.17. The van der Waals surface area contributed by atoms with E-state index in [1.165, 1.54) is 25.9 Å². The number of ether oxygens (including phenoxy) is 1. The van der Waals surface area contributed by atoms with E-state index in [4.69, 9.17) is 16.3 Å². The summed E-state index contributed by atoms with van der Waals surface area (Å²) < 4.78 is 5.78. The van der Waals surface area contributed by atoms with E-state index in [-0.39, 0.29) is 0 Å². The van der Waals surface area contributed by atoms with Crippen LogP contribution < -0.4 is 4.74 Å². The summed E-state index contributed by atoms with van der Waals surface area (Å²) in [6.45, 7) is 3.91. The molecule has 0 saturated carbocycles. The Hall–Kier alpha value is -1.55. The molecule has 3 nitrogen and oxygen atoms in total. The molecule has 1 unspecified atom stereocenters. The third kappa shape index (κ3) is 4.25. The second-order valence-electron chi connectivity index (χ2n) is 5.90. The molecule has 0 bridgehead atoms. The van der Waals surface area contributed by atoms with E-state index in [1.807, 2.05) is 42.5 Å². The number of benzene rings is 2. The molecule has 23 heavy (non-hydrogen) atoms. The summed E-state index contributed by atoms with van der Waals surface area (Å²) in [7, 11) is 0. The fraction of sp³-hybridized carbons (Fsp3) is 0.368. The molecule has 122 valence electrons. The first-order valence-electron chi connectivity index (χ1n) is 8.11. The number of rotatable bonds is 6. The van der Waals surface area contributed by atoms with Crippen LogP contribution in [0.25, 0.3) is 0 Å². The zero-order valence-electron chi connectivity index (χ0n) is 13.1. The summed E-state index contributed by atoms with van der Waals surface area (Å²) in [5, 5.41) is 11.0. The number of halogens is 1. The van der Waals surface area contributed by atoms with Crippen molar-refractivity contribution in [1.82, 2.24) is 4.90 Å². The van der Waals surface area contributed by atoms with Crippen LogP contribution in [0.3, 0.4) is 0 Å². The Morgan fingerprint density at radius 2 is 1.78 bits per heavy atom. The van der Waals surface area contributed by atoms with Gasteiger partial charge in [-0.2, -0.15) is 0 Å². The van der Waals surface area contributed by atoms with Crippen molar-refractivity contribution in [3.05, 3.63) is 64.7 Å². The minimum atomic E-state index is -0.674. The van der Waals surface area contributed by atoms with Gasteiger partial charge < -0.3 is 9.84 Å². The quantitative estimate of drug-likeness (QED) is 0.871. The van der Waals surface area contributed by atoms with Crippen molar-refractivity contribution in [1.29, 1.82) is 0 Å². The van der Waals surface area contributed by atoms with Crippen LogP contribution in [0.1, 0.15) is 30.1 Å². The summed E-state index contributed by atoms with van der Waals surface area (Å²) in [4.78, 5) is 2.40. The minimum absolute atomic E-state index is 0.541. The molecule has 0 radical (unpaired) electrons. The van der Waals surface area contributed by atoms with Crippen molar-refractivity contribution in [2.45, 2.75) is 18.9 Å². The molecule has 1 aliphatic rings. The first-order chi connectivity index (χ1) is 11.2. The van der Waals surface area contributed by atoms with Gasteiger partial charge >= 0.3 is 0 Å².